The van der Waals surface area contributed by atoms with Gasteiger partial charge in [0.2, 0.25) is 0 Å². The van der Waals surface area contributed by atoms with Crippen LogP contribution in [0.15, 0.2) is 35.9 Å². The van der Waals surface area contributed by atoms with E-state index in [1.165, 1.54) is 56.9 Å². The van der Waals surface area contributed by atoms with Crippen LogP contribution < -0.4 is 4.74 Å². The number of allylic oxidation sites excluding steroid dienone is 1. The molecule has 0 amide bonds. The Morgan fingerprint density at radius 3 is 1.96 bits per heavy atom. The average Bonchev–Trinajstić information content (AvgIpc) is 2.63. The summed E-state index contributed by atoms with van der Waals surface area (Å²) in [4.78, 5) is 0. The minimum atomic E-state index is 0.272. The second-order valence-corrected chi connectivity index (χ2v) is 9.21. The van der Waals surface area contributed by atoms with Gasteiger partial charge in [-0.3, -0.25) is 0 Å². The topological polar surface area (TPSA) is 29.5 Å². The van der Waals surface area contributed by atoms with Crippen molar-refractivity contribution in [3.63, 3.8) is 0 Å². The molecule has 0 spiro atoms. The first-order valence-corrected chi connectivity index (χ1v) is 11.4. The van der Waals surface area contributed by atoms with Gasteiger partial charge in [-0.05, 0) is 67.9 Å². The van der Waals surface area contributed by atoms with Gasteiger partial charge in [0.25, 0.3) is 0 Å². The zero-order valence-corrected chi connectivity index (χ0v) is 19.0. The Hall–Kier alpha value is -1.44. The Morgan fingerprint density at radius 2 is 1.39 bits per heavy atom. The monoisotopic (exact) mass is 388 g/mol. The van der Waals surface area contributed by atoms with Gasteiger partial charge in [-0.1, -0.05) is 78.2 Å². The van der Waals surface area contributed by atoms with Crippen LogP contribution in [-0.2, 0) is 0 Å². The molecule has 2 heteroatoms. The largest absolute Gasteiger partial charge is 0.508 e. The molecule has 2 atom stereocenters. The van der Waals surface area contributed by atoms with Crippen LogP contribution >= 0.6 is 0 Å². The molecule has 28 heavy (non-hydrogen) atoms. The minimum Gasteiger partial charge on any atom is -0.508 e. The number of ether oxygens (including phenoxy) is 1. The average molecular weight is 389 g/mol. The van der Waals surface area contributed by atoms with E-state index in [1.807, 2.05) is 0 Å². The van der Waals surface area contributed by atoms with Crippen molar-refractivity contribution in [3.8, 4) is 11.5 Å². The lowest BCUT2D eigenvalue weighted by molar-refractivity contribution is 0.360. The quantitative estimate of drug-likeness (QED) is 0.307. The second-order valence-electron chi connectivity index (χ2n) is 9.21. The van der Waals surface area contributed by atoms with E-state index in [9.17, 15) is 5.11 Å². The van der Waals surface area contributed by atoms with E-state index in [2.05, 4.69) is 40.7 Å². The highest BCUT2D eigenvalue weighted by atomic mass is 16.5. The third-order valence-electron chi connectivity index (χ3n) is 5.66. The van der Waals surface area contributed by atoms with Crippen molar-refractivity contribution >= 4 is 0 Å². The van der Waals surface area contributed by atoms with E-state index in [4.69, 9.17) is 4.74 Å². The number of rotatable bonds is 15. The molecule has 0 unspecified atom stereocenters. The Kier molecular flexibility index (Phi) is 12.8. The number of hydrogen-bond donors (Lipinski definition) is 1. The van der Waals surface area contributed by atoms with Crippen molar-refractivity contribution in [3.05, 3.63) is 35.9 Å². The standard InChI is InChI=1S/C26H44O2/c1-21(2)9-6-10-22(3)11-7-12-23(4)13-8-14-24(5)19-20-28-26-17-15-25(27)16-18-26/h15-19,21-23,27H,6-14,20H2,1-5H3/t22-,23-/m1/s1. The van der Waals surface area contributed by atoms with Gasteiger partial charge in [0.1, 0.15) is 18.1 Å². The van der Waals surface area contributed by atoms with Crippen molar-refractivity contribution in [1.82, 2.24) is 0 Å². The van der Waals surface area contributed by atoms with Crippen LogP contribution in [0.25, 0.3) is 0 Å². The van der Waals surface area contributed by atoms with Crippen LogP contribution in [0, 0.1) is 17.8 Å². The Balaban J connectivity index is 2.06. The van der Waals surface area contributed by atoms with E-state index >= 15 is 0 Å². The van der Waals surface area contributed by atoms with Crippen molar-refractivity contribution < 1.29 is 9.84 Å². The molecular weight excluding hydrogens is 344 g/mol. The maximum Gasteiger partial charge on any atom is 0.120 e. The summed E-state index contributed by atoms with van der Waals surface area (Å²) in [5.41, 5.74) is 1.41. The summed E-state index contributed by atoms with van der Waals surface area (Å²) in [7, 11) is 0. The highest BCUT2D eigenvalue weighted by Crippen LogP contribution is 2.22. The lowest BCUT2D eigenvalue weighted by Crippen LogP contribution is -2.00. The summed E-state index contributed by atoms with van der Waals surface area (Å²) in [5.74, 6) is 3.65. The van der Waals surface area contributed by atoms with Gasteiger partial charge < -0.3 is 9.84 Å². The highest BCUT2D eigenvalue weighted by Gasteiger charge is 2.06. The number of benzene rings is 1. The zero-order chi connectivity index (χ0) is 20.8. The normalized spacial score (nSPS) is 14.3. The van der Waals surface area contributed by atoms with Crippen LogP contribution in [-0.4, -0.2) is 11.7 Å². The van der Waals surface area contributed by atoms with E-state index in [-0.39, 0.29) is 5.75 Å². The molecule has 0 heterocycles. The van der Waals surface area contributed by atoms with Crippen LogP contribution in [0.3, 0.4) is 0 Å². The second kappa shape index (κ2) is 14.5. The van der Waals surface area contributed by atoms with Gasteiger partial charge >= 0.3 is 0 Å². The molecule has 2 nitrogen and oxygen atoms in total. The molecule has 0 aliphatic heterocycles. The number of aromatic hydroxyl groups is 1. The van der Waals surface area contributed by atoms with Crippen molar-refractivity contribution in [2.45, 2.75) is 92.4 Å². The van der Waals surface area contributed by atoms with E-state index < -0.39 is 0 Å². The highest BCUT2D eigenvalue weighted by molar-refractivity contribution is 5.30. The Bertz CT molecular complexity index is 530. The number of hydrogen-bond acceptors (Lipinski definition) is 2. The van der Waals surface area contributed by atoms with Gasteiger partial charge in [-0.2, -0.15) is 0 Å². The molecule has 0 radical (unpaired) electrons. The SMILES string of the molecule is CC(=CCOc1ccc(O)cc1)CCC[C@H](C)CCC[C@H](C)CCCC(C)C. The third-order valence-corrected chi connectivity index (χ3v) is 5.66. The van der Waals surface area contributed by atoms with Crippen molar-refractivity contribution in [1.29, 1.82) is 0 Å². The fraction of sp³-hybridized carbons (Fsp3) is 0.692. The number of phenols is 1. The summed E-state index contributed by atoms with van der Waals surface area (Å²) in [6.07, 6.45) is 14.3. The molecule has 1 aromatic carbocycles. The van der Waals surface area contributed by atoms with E-state index in [1.54, 1.807) is 24.3 Å². The molecular formula is C26H44O2. The lowest BCUT2D eigenvalue weighted by atomic mass is 9.91. The molecule has 0 bridgehead atoms. The van der Waals surface area contributed by atoms with E-state index in [0.717, 1.165) is 29.9 Å². The van der Waals surface area contributed by atoms with Crippen LogP contribution in [0.2, 0.25) is 0 Å². The molecule has 0 saturated heterocycles. The van der Waals surface area contributed by atoms with Gasteiger partial charge in [0.05, 0.1) is 0 Å². The first kappa shape index (κ1) is 24.6. The lowest BCUT2D eigenvalue weighted by Gasteiger charge is -2.15. The predicted octanol–water partition coefficient (Wildman–Crippen LogP) is 8.16. The van der Waals surface area contributed by atoms with Gasteiger partial charge in [0, 0.05) is 0 Å². The van der Waals surface area contributed by atoms with E-state index in [0.29, 0.717) is 6.61 Å². The summed E-state index contributed by atoms with van der Waals surface area (Å²) < 4.78 is 5.69. The number of phenolic OH excluding ortho intramolecular Hbond substituents is 1. The smallest absolute Gasteiger partial charge is 0.120 e. The van der Waals surface area contributed by atoms with Gasteiger partial charge in [0.15, 0.2) is 0 Å². The predicted molar refractivity (Wildman–Crippen MR) is 122 cm³/mol. The maximum absolute atomic E-state index is 9.28. The van der Waals surface area contributed by atoms with Crippen LogP contribution in [0.5, 0.6) is 11.5 Å². The molecule has 1 aromatic rings. The third kappa shape index (κ3) is 12.9. The summed E-state index contributed by atoms with van der Waals surface area (Å²) in [6.45, 7) is 12.3. The first-order valence-electron chi connectivity index (χ1n) is 11.4. The Labute approximate surface area is 174 Å². The molecule has 0 aromatic heterocycles. The minimum absolute atomic E-state index is 0.272. The fourth-order valence-electron chi connectivity index (χ4n) is 3.63. The zero-order valence-electron chi connectivity index (χ0n) is 19.0. The molecule has 1 N–H and O–H groups in total. The molecule has 1 rings (SSSR count). The van der Waals surface area contributed by atoms with Crippen LogP contribution in [0.4, 0.5) is 0 Å². The summed E-state index contributed by atoms with van der Waals surface area (Å²) in [5, 5.41) is 9.28. The van der Waals surface area contributed by atoms with Crippen molar-refractivity contribution in [2.24, 2.45) is 17.8 Å². The van der Waals surface area contributed by atoms with Gasteiger partial charge in [-0.25, -0.2) is 0 Å². The first-order chi connectivity index (χ1) is 13.4. The van der Waals surface area contributed by atoms with Crippen molar-refractivity contribution in [2.75, 3.05) is 6.61 Å². The maximum atomic E-state index is 9.28. The van der Waals surface area contributed by atoms with Gasteiger partial charge in [-0.15, -0.1) is 0 Å². The fourth-order valence-corrected chi connectivity index (χ4v) is 3.63. The molecule has 160 valence electrons. The Morgan fingerprint density at radius 1 is 0.857 bits per heavy atom. The molecule has 0 fully saturated rings. The molecule has 0 aliphatic rings. The summed E-state index contributed by atoms with van der Waals surface area (Å²) >= 11 is 0. The molecule has 0 saturated carbocycles. The molecule has 0 aliphatic carbocycles. The summed E-state index contributed by atoms with van der Waals surface area (Å²) in [6, 6.07) is 6.90. The van der Waals surface area contributed by atoms with Crippen LogP contribution in [0.1, 0.15) is 92.4 Å².